The van der Waals surface area contributed by atoms with Crippen molar-refractivity contribution in [1.82, 2.24) is 4.90 Å². The van der Waals surface area contributed by atoms with Crippen LogP contribution in [0, 0.1) is 0 Å². The zero-order valence-corrected chi connectivity index (χ0v) is 8.11. The Morgan fingerprint density at radius 3 is 2.54 bits per heavy atom. The molecule has 0 spiro atoms. The second-order valence-electron chi connectivity index (χ2n) is 3.67. The molecule has 0 N–H and O–H groups in total. The van der Waals surface area contributed by atoms with Crippen molar-refractivity contribution in [2.24, 2.45) is 0 Å². The van der Waals surface area contributed by atoms with E-state index in [4.69, 9.17) is 0 Å². The van der Waals surface area contributed by atoms with Crippen molar-refractivity contribution < 1.29 is 0 Å². The summed E-state index contributed by atoms with van der Waals surface area (Å²) in [5.41, 5.74) is 1.34. The smallest absolute Gasteiger partial charge is 0.0704 e. The first-order valence-corrected chi connectivity index (χ1v) is 4.85. The first kappa shape index (κ1) is 8.57. The number of rotatable bonds is 1. The van der Waals surface area contributed by atoms with Crippen LogP contribution in [0.1, 0.15) is 6.42 Å². The van der Waals surface area contributed by atoms with Crippen LogP contribution in [0.2, 0.25) is 0 Å². The third kappa shape index (κ3) is 2.01. The molecular formula is C11H16N2. The van der Waals surface area contributed by atoms with Gasteiger partial charge in [-0.3, -0.25) is 4.90 Å². The number of hydrogen-bond acceptors (Lipinski definition) is 2. The van der Waals surface area contributed by atoms with E-state index in [9.17, 15) is 0 Å². The molecule has 1 fully saturated rings. The first-order valence-electron chi connectivity index (χ1n) is 4.85. The maximum atomic E-state index is 2.42. The van der Waals surface area contributed by atoms with Crippen LogP contribution in [0.25, 0.3) is 0 Å². The van der Waals surface area contributed by atoms with E-state index >= 15 is 0 Å². The monoisotopic (exact) mass is 176 g/mol. The molecule has 0 aliphatic carbocycles. The minimum absolute atomic E-state index is 1.06. The highest BCUT2D eigenvalue weighted by Crippen LogP contribution is 2.16. The van der Waals surface area contributed by atoms with Crippen molar-refractivity contribution in [3.8, 4) is 0 Å². The molecular weight excluding hydrogens is 160 g/mol. The molecule has 0 aromatic heterocycles. The van der Waals surface area contributed by atoms with Crippen LogP contribution in [-0.2, 0) is 0 Å². The molecule has 0 radical (unpaired) electrons. The molecule has 0 saturated carbocycles. The van der Waals surface area contributed by atoms with Crippen LogP contribution in [0.4, 0.5) is 5.69 Å². The molecule has 1 heterocycles. The van der Waals surface area contributed by atoms with Gasteiger partial charge in [-0.1, -0.05) is 18.2 Å². The van der Waals surface area contributed by atoms with Crippen LogP contribution in [0.5, 0.6) is 0 Å². The van der Waals surface area contributed by atoms with E-state index in [0.717, 1.165) is 6.67 Å². The van der Waals surface area contributed by atoms with Crippen LogP contribution in [0.15, 0.2) is 30.3 Å². The number of anilines is 1. The molecule has 1 aliphatic rings. The molecule has 1 saturated heterocycles. The largest absolute Gasteiger partial charge is 0.358 e. The van der Waals surface area contributed by atoms with Gasteiger partial charge in [0.05, 0.1) is 6.67 Å². The van der Waals surface area contributed by atoms with Crippen molar-refractivity contribution in [2.45, 2.75) is 6.42 Å². The average molecular weight is 176 g/mol. The molecule has 1 aromatic rings. The van der Waals surface area contributed by atoms with Gasteiger partial charge < -0.3 is 4.90 Å². The summed E-state index contributed by atoms with van der Waals surface area (Å²) in [5.74, 6) is 0. The van der Waals surface area contributed by atoms with E-state index in [1.54, 1.807) is 0 Å². The van der Waals surface area contributed by atoms with Gasteiger partial charge in [0.25, 0.3) is 0 Å². The van der Waals surface area contributed by atoms with Gasteiger partial charge in [-0.25, -0.2) is 0 Å². The summed E-state index contributed by atoms with van der Waals surface area (Å²) in [6.45, 7) is 3.47. The van der Waals surface area contributed by atoms with E-state index in [1.807, 2.05) is 0 Å². The standard InChI is InChI=1S/C11H16N2/c1-12-8-5-9-13(10-12)11-6-3-2-4-7-11/h2-4,6-7H,5,8-10H2,1H3. The Kier molecular flexibility index (Phi) is 2.50. The Bertz CT molecular complexity index is 258. The molecule has 13 heavy (non-hydrogen) atoms. The van der Waals surface area contributed by atoms with Crippen LogP contribution < -0.4 is 4.90 Å². The number of hydrogen-bond donors (Lipinski definition) is 0. The molecule has 0 bridgehead atoms. The number of para-hydroxylation sites is 1. The summed E-state index contributed by atoms with van der Waals surface area (Å²) in [5, 5.41) is 0. The third-order valence-electron chi connectivity index (χ3n) is 2.50. The van der Waals surface area contributed by atoms with Gasteiger partial charge in [0.15, 0.2) is 0 Å². The summed E-state index contributed by atoms with van der Waals surface area (Å²) in [4.78, 5) is 4.78. The van der Waals surface area contributed by atoms with Crippen molar-refractivity contribution in [3.63, 3.8) is 0 Å². The van der Waals surface area contributed by atoms with E-state index in [0.29, 0.717) is 0 Å². The van der Waals surface area contributed by atoms with Crippen LogP contribution >= 0.6 is 0 Å². The van der Waals surface area contributed by atoms with Gasteiger partial charge in [0.1, 0.15) is 0 Å². The topological polar surface area (TPSA) is 6.48 Å². The van der Waals surface area contributed by atoms with Crippen molar-refractivity contribution in [2.75, 3.05) is 31.7 Å². The van der Waals surface area contributed by atoms with Gasteiger partial charge in [-0.15, -0.1) is 0 Å². The Morgan fingerprint density at radius 2 is 1.85 bits per heavy atom. The molecule has 2 nitrogen and oxygen atoms in total. The molecule has 1 aliphatic heterocycles. The lowest BCUT2D eigenvalue weighted by Crippen LogP contribution is -2.42. The fraction of sp³-hybridized carbons (Fsp3) is 0.455. The van der Waals surface area contributed by atoms with Gasteiger partial charge in [0, 0.05) is 18.8 Å². The fourth-order valence-electron chi connectivity index (χ4n) is 1.81. The Balaban J connectivity index is 2.08. The lowest BCUT2D eigenvalue weighted by atomic mass is 10.2. The van der Waals surface area contributed by atoms with Crippen LogP contribution in [-0.4, -0.2) is 31.7 Å². The predicted octanol–water partition coefficient (Wildman–Crippen LogP) is 1.79. The van der Waals surface area contributed by atoms with Gasteiger partial charge in [-0.2, -0.15) is 0 Å². The first-order chi connectivity index (χ1) is 6.36. The molecule has 70 valence electrons. The molecule has 2 rings (SSSR count). The van der Waals surface area contributed by atoms with E-state index < -0.39 is 0 Å². The van der Waals surface area contributed by atoms with E-state index in [-0.39, 0.29) is 0 Å². The summed E-state index contributed by atoms with van der Waals surface area (Å²) >= 11 is 0. The van der Waals surface area contributed by atoms with Gasteiger partial charge >= 0.3 is 0 Å². The molecule has 1 aromatic carbocycles. The highest BCUT2D eigenvalue weighted by molar-refractivity contribution is 5.45. The maximum Gasteiger partial charge on any atom is 0.0704 e. The summed E-state index contributed by atoms with van der Waals surface area (Å²) in [7, 11) is 2.18. The summed E-state index contributed by atoms with van der Waals surface area (Å²) < 4.78 is 0. The molecule has 0 amide bonds. The Morgan fingerprint density at radius 1 is 1.08 bits per heavy atom. The zero-order valence-electron chi connectivity index (χ0n) is 8.11. The fourth-order valence-corrected chi connectivity index (χ4v) is 1.81. The van der Waals surface area contributed by atoms with E-state index in [2.05, 4.69) is 47.2 Å². The minimum Gasteiger partial charge on any atom is -0.358 e. The van der Waals surface area contributed by atoms with Crippen molar-refractivity contribution in [1.29, 1.82) is 0 Å². The minimum atomic E-state index is 1.06. The van der Waals surface area contributed by atoms with Crippen LogP contribution in [0.3, 0.4) is 0 Å². The maximum absolute atomic E-state index is 2.42. The Labute approximate surface area is 79.8 Å². The summed E-state index contributed by atoms with van der Waals surface area (Å²) in [6, 6.07) is 10.6. The van der Waals surface area contributed by atoms with Gasteiger partial charge in [-0.05, 0) is 25.6 Å². The zero-order chi connectivity index (χ0) is 9.10. The molecule has 0 unspecified atom stereocenters. The lowest BCUT2D eigenvalue weighted by molar-refractivity contribution is 0.292. The number of benzene rings is 1. The quantitative estimate of drug-likeness (QED) is 0.643. The second-order valence-corrected chi connectivity index (χ2v) is 3.67. The second kappa shape index (κ2) is 3.79. The SMILES string of the molecule is CN1CCCN(c2ccccc2)C1. The summed E-state index contributed by atoms with van der Waals surface area (Å²) in [6.07, 6.45) is 1.27. The lowest BCUT2D eigenvalue weighted by Gasteiger charge is -2.34. The Hall–Kier alpha value is -1.02. The third-order valence-corrected chi connectivity index (χ3v) is 2.50. The molecule has 0 atom stereocenters. The van der Waals surface area contributed by atoms with E-state index in [1.165, 1.54) is 25.2 Å². The van der Waals surface area contributed by atoms with Crippen molar-refractivity contribution in [3.05, 3.63) is 30.3 Å². The number of nitrogens with zero attached hydrogens (tertiary/aromatic N) is 2. The highest BCUT2D eigenvalue weighted by Gasteiger charge is 2.13. The molecule has 2 heteroatoms. The highest BCUT2D eigenvalue weighted by atomic mass is 15.3. The van der Waals surface area contributed by atoms with Gasteiger partial charge in [0.2, 0.25) is 0 Å². The average Bonchev–Trinajstić information content (AvgIpc) is 2.19. The normalized spacial score (nSPS) is 19.0. The van der Waals surface area contributed by atoms with Crippen molar-refractivity contribution >= 4 is 5.69 Å². The predicted molar refractivity (Wildman–Crippen MR) is 55.9 cm³/mol.